The molecule has 0 aliphatic heterocycles. The Kier molecular flexibility index (Phi) is 20.8. The molecule has 374 valence electrons. The highest BCUT2D eigenvalue weighted by molar-refractivity contribution is 7.90. The number of amides is 6. The zero-order valence-electron chi connectivity index (χ0n) is 38.7. The number of benzene rings is 2. The number of hydrogen-bond acceptors (Lipinski definition) is 14. The normalized spacial score (nSPS) is 15.0. The lowest BCUT2D eigenvalue weighted by Crippen LogP contribution is -2.60. The molecule has 0 bridgehead atoms. The van der Waals surface area contributed by atoms with Crippen LogP contribution in [-0.4, -0.2) is 95.2 Å². The van der Waals surface area contributed by atoms with Gasteiger partial charge in [-0.2, -0.15) is 0 Å². The molecule has 6 amide bonds. The smallest absolute Gasteiger partial charge is 0.290 e. The number of hydrogen-bond donors (Lipinski definition) is 6. The number of nitro benzene ring substituents is 1. The van der Waals surface area contributed by atoms with Crippen molar-refractivity contribution in [2.75, 3.05) is 6.54 Å². The van der Waals surface area contributed by atoms with Crippen LogP contribution in [0.25, 0.3) is 0 Å². The summed E-state index contributed by atoms with van der Waals surface area (Å²) in [5.41, 5.74) is -0.210. The largest absolute Gasteiger partial charge is 0.454 e. The number of non-ortho nitro benzene ring substituents is 1. The lowest BCUT2D eigenvalue weighted by atomic mass is 9.84. The van der Waals surface area contributed by atoms with E-state index in [9.17, 15) is 52.1 Å². The summed E-state index contributed by atoms with van der Waals surface area (Å²) in [6, 6.07) is 1.93. The minimum Gasteiger partial charge on any atom is -0.454 e. The molecule has 69 heavy (non-hydrogen) atoms. The molecule has 24 heteroatoms. The van der Waals surface area contributed by atoms with Crippen LogP contribution >= 0.6 is 23.2 Å². The number of carbonyl (C=O) groups excluding carboxylic acids is 7. The Bertz CT molecular complexity index is 2440. The number of nitrogens with zero attached hydrogens (tertiary/aromatic N) is 3. The van der Waals surface area contributed by atoms with Crippen molar-refractivity contribution in [1.29, 1.82) is 0 Å². The quantitative estimate of drug-likeness (QED) is 0.0403. The number of sulfonamides is 1. The predicted molar refractivity (Wildman–Crippen MR) is 252 cm³/mol. The van der Waals surface area contributed by atoms with E-state index < -0.39 is 97.7 Å². The van der Waals surface area contributed by atoms with Gasteiger partial charge in [0.2, 0.25) is 23.5 Å². The van der Waals surface area contributed by atoms with Gasteiger partial charge in [0.1, 0.15) is 29.6 Å². The van der Waals surface area contributed by atoms with Crippen molar-refractivity contribution in [3.05, 3.63) is 80.8 Å². The van der Waals surface area contributed by atoms with Gasteiger partial charge in [-0.1, -0.05) is 96.3 Å². The summed E-state index contributed by atoms with van der Waals surface area (Å²) >= 11 is 12.5. The van der Waals surface area contributed by atoms with E-state index in [1.807, 2.05) is 20.8 Å². The summed E-state index contributed by atoms with van der Waals surface area (Å²) in [5, 5.41) is 23.2. The van der Waals surface area contributed by atoms with Crippen LogP contribution in [-0.2, 0) is 38.8 Å². The minimum atomic E-state index is -4.66. The Labute approximate surface area is 409 Å². The van der Waals surface area contributed by atoms with E-state index in [1.54, 1.807) is 11.6 Å². The first kappa shape index (κ1) is 55.3. The molecule has 2 aromatic carbocycles. The van der Waals surface area contributed by atoms with Crippen molar-refractivity contribution in [3.8, 4) is 11.5 Å². The fourth-order valence-electron chi connectivity index (χ4n) is 7.38. The van der Waals surface area contributed by atoms with Crippen molar-refractivity contribution in [1.82, 2.24) is 41.3 Å². The fourth-order valence-corrected chi connectivity index (χ4v) is 9.10. The molecular weight excluding hydrogens is 962 g/mol. The van der Waals surface area contributed by atoms with Gasteiger partial charge in [0.15, 0.2) is 5.75 Å². The monoisotopic (exact) mass is 1020 g/mol. The summed E-state index contributed by atoms with van der Waals surface area (Å²) in [4.78, 5) is 112. The standard InChI is InChI=1S/C45H57Cl2N9O12S/c1-6-26(5)38(54-42(60)34(19-25(3)4)52-43(61)36-23-48-17-18-49-36)44(62)53-35(20-27-11-9-8-10-12-27)41(59)51-33(7-2)39(58)45(63)50-24-37(57)55-69(66,67)30-21-31(46)40(32(47)22-30)68-29-15-13-28(14-16-29)56(64)65/h13-18,21-23,25-27,33-35,38H,6-12,19-20,24H2,1-5H3,(H,50,63)(H,51,59)(H,52,61)(H,53,62)(H,54,60)(H,55,57)/t26-,33-,34-,35-,38-/m0/s1. The van der Waals surface area contributed by atoms with Gasteiger partial charge < -0.3 is 31.3 Å². The van der Waals surface area contributed by atoms with E-state index in [0.29, 0.717) is 6.42 Å². The number of carbonyl (C=O) groups is 7. The number of aromatic nitrogens is 2. The number of rotatable bonds is 24. The van der Waals surface area contributed by atoms with Crippen LogP contribution in [0.1, 0.15) is 103 Å². The number of Topliss-reactive ketones (excluding diaryl/α,β-unsaturated/α-hetero) is 1. The summed E-state index contributed by atoms with van der Waals surface area (Å²) in [5.74, 6) is -6.95. The van der Waals surface area contributed by atoms with E-state index in [0.717, 1.165) is 44.2 Å². The fraction of sp³-hybridized carbons (Fsp3) is 0.489. The van der Waals surface area contributed by atoms with Crippen LogP contribution < -0.4 is 36.0 Å². The average molecular weight is 1020 g/mol. The molecule has 6 N–H and O–H groups in total. The zero-order chi connectivity index (χ0) is 51.0. The Hall–Kier alpha value is -6.26. The van der Waals surface area contributed by atoms with Gasteiger partial charge in [0.25, 0.3) is 33.4 Å². The highest BCUT2D eigenvalue weighted by Crippen LogP contribution is 2.39. The third-order valence-electron chi connectivity index (χ3n) is 11.3. The first-order valence-corrected chi connectivity index (χ1v) is 24.6. The van der Waals surface area contributed by atoms with Gasteiger partial charge in [-0.15, -0.1) is 0 Å². The van der Waals surface area contributed by atoms with Crippen molar-refractivity contribution in [2.24, 2.45) is 17.8 Å². The number of halogens is 2. The van der Waals surface area contributed by atoms with E-state index in [2.05, 4.69) is 36.6 Å². The van der Waals surface area contributed by atoms with Crippen molar-refractivity contribution < 1.29 is 51.6 Å². The summed E-state index contributed by atoms with van der Waals surface area (Å²) in [6.07, 6.45) is 9.19. The maximum absolute atomic E-state index is 14.1. The Morgan fingerprint density at radius 3 is 2.01 bits per heavy atom. The van der Waals surface area contributed by atoms with E-state index in [1.165, 1.54) is 49.8 Å². The van der Waals surface area contributed by atoms with E-state index in [-0.39, 0.29) is 64.0 Å². The second kappa shape index (κ2) is 25.9. The zero-order valence-corrected chi connectivity index (χ0v) is 41.0. The first-order valence-electron chi connectivity index (χ1n) is 22.4. The number of ketones is 1. The number of ether oxygens (including phenoxy) is 1. The van der Waals surface area contributed by atoms with E-state index in [4.69, 9.17) is 27.9 Å². The molecule has 1 aromatic heterocycles. The molecule has 21 nitrogen and oxygen atoms in total. The van der Waals surface area contributed by atoms with Crippen LogP contribution in [0.5, 0.6) is 11.5 Å². The number of nitro groups is 1. The summed E-state index contributed by atoms with van der Waals surface area (Å²) in [6.45, 7) is 7.85. The lowest BCUT2D eigenvalue weighted by molar-refractivity contribution is -0.384. The highest BCUT2D eigenvalue weighted by Gasteiger charge is 2.36. The van der Waals surface area contributed by atoms with Gasteiger partial charge in [-0.05, 0) is 61.3 Å². The Morgan fingerprint density at radius 2 is 1.45 bits per heavy atom. The van der Waals surface area contributed by atoms with Gasteiger partial charge >= 0.3 is 0 Å². The molecule has 0 radical (unpaired) electrons. The molecule has 3 aromatic rings. The molecule has 1 fully saturated rings. The van der Waals surface area contributed by atoms with Gasteiger partial charge in [-0.3, -0.25) is 48.7 Å². The third kappa shape index (κ3) is 16.4. The van der Waals surface area contributed by atoms with Gasteiger partial charge in [0.05, 0.1) is 38.6 Å². The number of nitrogens with one attached hydrogen (secondary N) is 6. The van der Waals surface area contributed by atoms with Crippen LogP contribution in [0.3, 0.4) is 0 Å². The van der Waals surface area contributed by atoms with Crippen molar-refractivity contribution in [3.63, 3.8) is 0 Å². The predicted octanol–water partition coefficient (Wildman–Crippen LogP) is 4.70. The summed E-state index contributed by atoms with van der Waals surface area (Å²) in [7, 11) is -4.66. The third-order valence-corrected chi connectivity index (χ3v) is 13.2. The van der Waals surface area contributed by atoms with E-state index >= 15 is 0 Å². The molecule has 1 aliphatic carbocycles. The van der Waals surface area contributed by atoms with Crippen LogP contribution in [0.4, 0.5) is 5.69 Å². The maximum Gasteiger partial charge on any atom is 0.290 e. The van der Waals surface area contributed by atoms with Crippen molar-refractivity contribution >= 4 is 80.1 Å². The maximum atomic E-state index is 14.1. The van der Waals surface area contributed by atoms with Gasteiger partial charge in [-0.25, -0.2) is 18.1 Å². The molecule has 1 heterocycles. The second-order valence-corrected chi connectivity index (χ2v) is 19.5. The molecule has 1 aliphatic rings. The highest BCUT2D eigenvalue weighted by atomic mass is 35.5. The molecule has 4 rings (SSSR count). The average Bonchev–Trinajstić information content (AvgIpc) is 3.32. The molecular formula is C45H57Cl2N9O12S. The van der Waals surface area contributed by atoms with Crippen LogP contribution in [0.2, 0.25) is 10.0 Å². The molecule has 0 spiro atoms. The van der Waals surface area contributed by atoms with Gasteiger partial charge in [0, 0.05) is 24.5 Å². The molecule has 0 saturated heterocycles. The SMILES string of the molecule is CC[C@H](NC(=O)[C@H](CC1CCCCC1)NC(=O)[C@@H](NC(=O)[C@H](CC(C)C)NC(=O)c1cnccn1)[C@@H](C)CC)C(=O)C(=O)NCC(=O)NS(=O)(=O)c1cc(Cl)c(Oc2ccc([N+](=O)[O-])cc2)c(Cl)c1. The molecule has 1 saturated carbocycles. The van der Waals surface area contributed by atoms with Crippen LogP contribution in [0.15, 0.2) is 59.9 Å². The molecule has 0 unspecified atom stereocenters. The Morgan fingerprint density at radius 1 is 0.826 bits per heavy atom. The minimum absolute atomic E-state index is 0.00154. The topological polar surface area (TPSA) is 304 Å². The van der Waals surface area contributed by atoms with Crippen LogP contribution in [0, 0.1) is 27.9 Å². The molecule has 5 atom stereocenters. The summed E-state index contributed by atoms with van der Waals surface area (Å²) < 4.78 is 33.5. The van der Waals surface area contributed by atoms with Crippen molar-refractivity contribution in [2.45, 2.75) is 121 Å². The lowest BCUT2D eigenvalue weighted by Gasteiger charge is -2.31. The second-order valence-electron chi connectivity index (χ2n) is 17.0. The Balaban J connectivity index is 1.41. The first-order chi connectivity index (χ1) is 32.6.